The molecule has 2 heterocycles. The van der Waals surface area contributed by atoms with Crippen molar-refractivity contribution in [3.8, 4) is 0 Å². The van der Waals surface area contributed by atoms with E-state index in [1.54, 1.807) is 46.7 Å². The van der Waals surface area contributed by atoms with Crippen LogP contribution in [0.5, 0.6) is 0 Å². The fourth-order valence-corrected chi connectivity index (χ4v) is 5.76. The molecule has 4 rings (SSSR count). The molecule has 32 heavy (non-hydrogen) atoms. The number of hydrogen-bond acceptors (Lipinski definition) is 5. The molecule has 0 aliphatic carbocycles. The van der Waals surface area contributed by atoms with Crippen LogP contribution in [0.2, 0.25) is 5.02 Å². The van der Waals surface area contributed by atoms with Crippen LogP contribution in [0, 0.1) is 5.82 Å². The number of rotatable bonds is 6. The van der Waals surface area contributed by atoms with Gasteiger partial charge in [0.25, 0.3) is 15.9 Å². The molecule has 0 unspecified atom stereocenters. The van der Waals surface area contributed by atoms with Crippen molar-refractivity contribution >= 4 is 44.6 Å². The van der Waals surface area contributed by atoms with Crippen molar-refractivity contribution in [2.45, 2.75) is 10.8 Å². The predicted molar refractivity (Wildman–Crippen MR) is 124 cm³/mol. The molecule has 1 saturated heterocycles. The summed E-state index contributed by atoms with van der Waals surface area (Å²) in [6.45, 7) is 3.07. The number of thiophene rings is 1. The predicted octanol–water partition coefficient (Wildman–Crippen LogP) is 4.30. The number of carbonyl (C=O) groups is 1. The number of benzene rings is 2. The summed E-state index contributed by atoms with van der Waals surface area (Å²) >= 11 is 7.25. The lowest BCUT2D eigenvalue weighted by Crippen LogP contribution is -2.48. The number of nitrogens with one attached hydrogen (secondary N) is 1. The highest BCUT2D eigenvalue weighted by Gasteiger charge is 2.23. The van der Waals surface area contributed by atoms with E-state index in [-0.39, 0.29) is 15.9 Å². The van der Waals surface area contributed by atoms with Gasteiger partial charge in [0.1, 0.15) is 10.0 Å². The van der Waals surface area contributed by atoms with Gasteiger partial charge in [-0.15, -0.1) is 11.3 Å². The topological polar surface area (TPSA) is 69.7 Å². The van der Waals surface area contributed by atoms with Crippen LogP contribution < -0.4 is 4.72 Å². The minimum absolute atomic E-state index is 0.0999. The number of sulfonamides is 1. The number of anilines is 1. The average molecular weight is 494 g/mol. The van der Waals surface area contributed by atoms with Crippen LogP contribution in [0.4, 0.5) is 10.1 Å². The van der Waals surface area contributed by atoms with Gasteiger partial charge < -0.3 is 4.90 Å². The Morgan fingerprint density at radius 1 is 1.06 bits per heavy atom. The Kier molecular flexibility index (Phi) is 6.80. The second kappa shape index (κ2) is 9.58. The third-order valence-electron chi connectivity index (χ3n) is 5.21. The summed E-state index contributed by atoms with van der Waals surface area (Å²) < 4.78 is 40.6. The molecule has 0 radical (unpaired) electrons. The number of piperazine rings is 1. The molecule has 1 aliphatic heterocycles. The normalized spacial score (nSPS) is 15.0. The van der Waals surface area contributed by atoms with E-state index >= 15 is 0 Å². The lowest BCUT2D eigenvalue weighted by molar-refractivity contribution is 0.0628. The Balaban J connectivity index is 1.33. The number of amides is 1. The van der Waals surface area contributed by atoms with E-state index in [1.807, 2.05) is 0 Å². The van der Waals surface area contributed by atoms with Gasteiger partial charge in [0.2, 0.25) is 0 Å². The maximum Gasteiger partial charge on any atom is 0.271 e. The molecule has 2 aromatic carbocycles. The minimum atomic E-state index is -3.62. The van der Waals surface area contributed by atoms with Crippen molar-refractivity contribution in [3.63, 3.8) is 0 Å². The Hall–Kier alpha value is -2.46. The SMILES string of the molecule is O=C(c1ccc(NS(=O)(=O)c2cccs2)cc1)N1CCN(Cc2ccc(F)cc2Cl)CC1. The van der Waals surface area contributed by atoms with E-state index in [9.17, 15) is 17.6 Å². The molecule has 0 spiro atoms. The lowest BCUT2D eigenvalue weighted by Gasteiger charge is -2.35. The molecule has 168 valence electrons. The Morgan fingerprint density at radius 3 is 2.41 bits per heavy atom. The number of hydrogen-bond donors (Lipinski definition) is 1. The zero-order valence-corrected chi connectivity index (χ0v) is 19.4. The monoisotopic (exact) mass is 493 g/mol. The van der Waals surface area contributed by atoms with E-state index in [4.69, 9.17) is 11.6 Å². The van der Waals surface area contributed by atoms with Crippen molar-refractivity contribution in [1.29, 1.82) is 0 Å². The van der Waals surface area contributed by atoms with Crippen LogP contribution in [-0.4, -0.2) is 50.3 Å². The molecular formula is C22H21ClFN3O3S2. The zero-order chi connectivity index (χ0) is 22.7. The van der Waals surface area contributed by atoms with Crippen LogP contribution >= 0.6 is 22.9 Å². The highest BCUT2D eigenvalue weighted by molar-refractivity contribution is 7.94. The van der Waals surface area contributed by atoms with E-state index in [2.05, 4.69) is 9.62 Å². The largest absolute Gasteiger partial charge is 0.336 e. The second-order valence-electron chi connectivity index (χ2n) is 7.42. The molecule has 6 nitrogen and oxygen atoms in total. The number of halogens is 2. The minimum Gasteiger partial charge on any atom is -0.336 e. The van der Waals surface area contributed by atoms with E-state index < -0.39 is 10.0 Å². The quantitative estimate of drug-likeness (QED) is 0.556. The van der Waals surface area contributed by atoms with Crippen molar-refractivity contribution < 1.29 is 17.6 Å². The van der Waals surface area contributed by atoms with Crippen molar-refractivity contribution in [3.05, 3.63) is 81.9 Å². The third kappa shape index (κ3) is 5.29. The van der Waals surface area contributed by atoms with E-state index in [0.717, 1.165) is 16.9 Å². The first-order valence-corrected chi connectivity index (χ1v) is 12.7. The smallest absolute Gasteiger partial charge is 0.271 e. The molecule has 3 aromatic rings. The lowest BCUT2D eigenvalue weighted by atomic mass is 10.1. The molecule has 1 aliphatic rings. The molecule has 0 saturated carbocycles. The fourth-order valence-electron chi connectivity index (χ4n) is 3.49. The van der Waals surface area contributed by atoms with Gasteiger partial charge in [0, 0.05) is 49.0 Å². The van der Waals surface area contributed by atoms with Gasteiger partial charge in [0.15, 0.2) is 0 Å². The highest BCUT2D eigenvalue weighted by Crippen LogP contribution is 2.22. The first-order valence-electron chi connectivity index (χ1n) is 9.94. The molecule has 1 fully saturated rings. The maximum absolute atomic E-state index is 13.2. The Labute approximate surface area is 195 Å². The summed E-state index contributed by atoms with van der Waals surface area (Å²) in [6, 6.07) is 14.0. The molecule has 1 N–H and O–H groups in total. The van der Waals surface area contributed by atoms with Crippen LogP contribution in [0.15, 0.2) is 64.2 Å². The Morgan fingerprint density at radius 2 is 1.78 bits per heavy atom. The fraction of sp³-hybridized carbons (Fsp3) is 0.227. The van der Waals surface area contributed by atoms with Gasteiger partial charge in [-0.05, 0) is 53.4 Å². The summed E-state index contributed by atoms with van der Waals surface area (Å²) in [6.07, 6.45) is 0. The molecule has 0 bridgehead atoms. The van der Waals surface area contributed by atoms with Gasteiger partial charge in [-0.3, -0.25) is 14.4 Å². The van der Waals surface area contributed by atoms with Gasteiger partial charge >= 0.3 is 0 Å². The summed E-state index contributed by atoms with van der Waals surface area (Å²) in [5.41, 5.74) is 1.75. The summed E-state index contributed by atoms with van der Waals surface area (Å²) in [4.78, 5) is 16.8. The summed E-state index contributed by atoms with van der Waals surface area (Å²) in [5.74, 6) is -0.461. The summed E-state index contributed by atoms with van der Waals surface area (Å²) in [5, 5.41) is 2.10. The maximum atomic E-state index is 13.2. The second-order valence-corrected chi connectivity index (χ2v) is 10.7. The van der Waals surface area contributed by atoms with Crippen LogP contribution in [0.3, 0.4) is 0 Å². The zero-order valence-electron chi connectivity index (χ0n) is 17.0. The highest BCUT2D eigenvalue weighted by atomic mass is 35.5. The number of nitrogens with zero attached hydrogens (tertiary/aromatic N) is 2. The van der Waals surface area contributed by atoms with Crippen molar-refractivity contribution in [1.82, 2.24) is 9.80 Å². The third-order valence-corrected chi connectivity index (χ3v) is 8.34. The molecular weight excluding hydrogens is 473 g/mol. The standard InChI is InChI=1S/C22H21ClFN3O3S2/c23-20-14-18(24)6-3-17(20)15-26-9-11-27(12-10-26)22(28)16-4-7-19(8-5-16)25-32(29,30)21-2-1-13-31-21/h1-8,13-14,25H,9-12,15H2. The van der Waals surface area contributed by atoms with Gasteiger partial charge in [0.05, 0.1) is 0 Å². The van der Waals surface area contributed by atoms with Gasteiger partial charge in [-0.1, -0.05) is 23.7 Å². The van der Waals surface area contributed by atoms with Crippen LogP contribution in [-0.2, 0) is 16.6 Å². The molecule has 1 amide bonds. The van der Waals surface area contributed by atoms with Gasteiger partial charge in [-0.2, -0.15) is 0 Å². The van der Waals surface area contributed by atoms with Crippen LogP contribution in [0.1, 0.15) is 15.9 Å². The van der Waals surface area contributed by atoms with E-state index in [1.165, 1.54) is 18.2 Å². The van der Waals surface area contributed by atoms with Crippen molar-refractivity contribution in [2.24, 2.45) is 0 Å². The first kappa shape index (κ1) is 22.7. The van der Waals surface area contributed by atoms with Crippen LogP contribution in [0.25, 0.3) is 0 Å². The van der Waals surface area contributed by atoms with Gasteiger partial charge in [-0.25, -0.2) is 12.8 Å². The first-order chi connectivity index (χ1) is 15.3. The average Bonchev–Trinajstić information content (AvgIpc) is 3.32. The van der Waals surface area contributed by atoms with E-state index in [0.29, 0.717) is 49.0 Å². The molecule has 10 heteroatoms. The Bertz CT molecular complexity index is 1190. The number of carbonyl (C=O) groups excluding carboxylic acids is 1. The van der Waals surface area contributed by atoms with Crippen molar-refractivity contribution in [2.75, 3.05) is 30.9 Å². The molecule has 1 aromatic heterocycles. The summed E-state index contributed by atoms with van der Waals surface area (Å²) in [7, 11) is -3.62. The molecule has 0 atom stereocenters.